The van der Waals surface area contributed by atoms with Crippen LogP contribution in [0.5, 0.6) is 5.75 Å². The molecule has 0 saturated heterocycles. The van der Waals surface area contributed by atoms with E-state index >= 15 is 0 Å². The van der Waals surface area contributed by atoms with Crippen molar-refractivity contribution < 1.29 is 14.1 Å². The van der Waals surface area contributed by atoms with Crippen LogP contribution in [0.2, 0.25) is 0 Å². The summed E-state index contributed by atoms with van der Waals surface area (Å²) in [6.07, 6.45) is 3.28. The summed E-state index contributed by atoms with van der Waals surface area (Å²) < 4.78 is 10.4. The van der Waals surface area contributed by atoms with E-state index in [9.17, 15) is 4.79 Å². The van der Waals surface area contributed by atoms with E-state index in [-0.39, 0.29) is 17.8 Å². The number of carbonyl (C=O) groups excluding carboxylic acids is 1. The zero-order chi connectivity index (χ0) is 20.2. The molecule has 0 spiro atoms. The van der Waals surface area contributed by atoms with Crippen LogP contribution in [-0.2, 0) is 4.79 Å². The molecule has 1 amide bonds. The van der Waals surface area contributed by atoms with Crippen LogP contribution in [0, 0.1) is 0 Å². The Labute approximate surface area is 166 Å². The molecule has 0 aliphatic carbocycles. The Balaban J connectivity index is 1.42. The number of carbonyl (C=O) groups is 1. The van der Waals surface area contributed by atoms with Crippen molar-refractivity contribution in [2.75, 3.05) is 12.5 Å². The molecule has 8 nitrogen and oxygen atoms in total. The van der Waals surface area contributed by atoms with Gasteiger partial charge in [-0.05, 0) is 47.5 Å². The second kappa shape index (κ2) is 7.97. The van der Waals surface area contributed by atoms with Crippen LogP contribution in [0.25, 0.3) is 22.2 Å². The number of rotatable bonds is 6. The zero-order valence-corrected chi connectivity index (χ0v) is 15.9. The quantitative estimate of drug-likeness (QED) is 0.486. The first-order valence-electron chi connectivity index (χ1n) is 9.02. The molecule has 146 valence electrons. The van der Waals surface area contributed by atoms with Crippen molar-refractivity contribution in [1.82, 2.24) is 20.6 Å². The summed E-state index contributed by atoms with van der Waals surface area (Å²) in [5.41, 5.74) is 6.94. The Kier molecular flexibility index (Phi) is 5.07. The smallest absolute Gasteiger partial charge is 0.340 e. The van der Waals surface area contributed by atoms with Gasteiger partial charge in [0.25, 0.3) is 0 Å². The van der Waals surface area contributed by atoms with Crippen LogP contribution >= 0.6 is 0 Å². The van der Waals surface area contributed by atoms with Crippen molar-refractivity contribution in [2.45, 2.75) is 12.8 Å². The number of anilines is 1. The second-order valence-electron chi connectivity index (χ2n) is 6.47. The normalized spacial score (nSPS) is 11.8. The predicted molar refractivity (Wildman–Crippen MR) is 108 cm³/mol. The van der Waals surface area contributed by atoms with Crippen molar-refractivity contribution in [3.05, 3.63) is 66.5 Å². The Morgan fingerprint density at radius 3 is 2.62 bits per heavy atom. The number of ether oxygens (including phenoxy) is 1. The number of hydrogen-bond acceptors (Lipinski definition) is 7. The van der Waals surface area contributed by atoms with Gasteiger partial charge in [0.15, 0.2) is 0 Å². The molecular weight excluding hydrogens is 370 g/mol. The fourth-order valence-electron chi connectivity index (χ4n) is 2.91. The summed E-state index contributed by atoms with van der Waals surface area (Å²) in [4.78, 5) is 20.7. The summed E-state index contributed by atoms with van der Waals surface area (Å²) in [6.45, 7) is 1.83. The molecule has 1 atom stereocenters. The third-order valence-electron chi connectivity index (χ3n) is 4.62. The molecule has 2 heterocycles. The summed E-state index contributed by atoms with van der Waals surface area (Å²) in [5.74, 6) is 0.603. The largest absolute Gasteiger partial charge is 0.497 e. The maximum absolute atomic E-state index is 12.5. The minimum absolute atomic E-state index is 0.1000. The van der Waals surface area contributed by atoms with E-state index in [1.807, 2.05) is 43.3 Å². The summed E-state index contributed by atoms with van der Waals surface area (Å²) >= 11 is 0. The molecule has 0 radical (unpaired) electrons. The molecule has 0 unspecified atom stereocenters. The van der Waals surface area contributed by atoms with Gasteiger partial charge in [-0.3, -0.25) is 15.2 Å². The predicted octanol–water partition coefficient (Wildman–Crippen LogP) is 3.54. The van der Waals surface area contributed by atoms with Crippen molar-refractivity contribution in [1.29, 1.82) is 0 Å². The number of hydrogen-bond donors (Lipinski definition) is 2. The summed E-state index contributed by atoms with van der Waals surface area (Å²) in [6, 6.07) is 15.4. The first-order chi connectivity index (χ1) is 14.1. The van der Waals surface area contributed by atoms with E-state index in [1.165, 1.54) is 0 Å². The van der Waals surface area contributed by atoms with Gasteiger partial charge in [0.1, 0.15) is 5.75 Å². The lowest BCUT2D eigenvalue weighted by Gasteiger charge is -2.13. The van der Waals surface area contributed by atoms with Crippen molar-refractivity contribution in [3.8, 4) is 17.1 Å². The van der Waals surface area contributed by atoms with Gasteiger partial charge in [-0.1, -0.05) is 29.4 Å². The molecule has 29 heavy (non-hydrogen) atoms. The first kappa shape index (κ1) is 18.4. The van der Waals surface area contributed by atoms with Gasteiger partial charge in [0.2, 0.25) is 11.7 Å². The summed E-state index contributed by atoms with van der Waals surface area (Å²) in [5, 5.41) is 5.96. The van der Waals surface area contributed by atoms with E-state index in [1.54, 1.807) is 31.6 Å². The molecule has 0 aliphatic rings. The second-order valence-corrected chi connectivity index (χ2v) is 6.47. The van der Waals surface area contributed by atoms with E-state index in [0.29, 0.717) is 5.82 Å². The summed E-state index contributed by atoms with van der Waals surface area (Å²) in [7, 11) is 1.64. The van der Waals surface area contributed by atoms with Crippen LogP contribution in [-0.4, -0.2) is 28.1 Å². The highest BCUT2D eigenvalue weighted by molar-refractivity contribution is 5.88. The molecule has 0 fully saturated rings. The van der Waals surface area contributed by atoms with E-state index in [2.05, 4.69) is 26.0 Å². The standard InChI is InChI=1S/C21H19N5O3/c1-13(15-3-4-17-12-18(28-2)6-5-16(17)11-15)20(27)24-25-21-23-19(26-29-21)14-7-9-22-10-8-14/h3-13H,1-2H3,(H,24,27)(H,23,25,26)/t13-/m0/s1. The van der Waals surface area contributed by atoms with Gasteiger partial charge in [-0.2, -0.15) is 4.98 Å². The number of methoxy groups -OCH3 is 1. The molecule has 0 aliphatic heterocycles. The Morgan fingerprint density at radius 1 is 1.07 bits per heavy atom. The zero-order valence-electron chi connectivity index (χ0n) is 15.9. The van der Waals surface area contributed by atoms with Crippen LogP contribution in [0.1, 0.15) is 18.4 Å². The monoisotopic (exact) mass is 389 g/mol. The number of nitrogens with one attached hydrogen (secondary N) is 2. The number of pyridine rings is 1. The minimum atomic E-state index is -0.378. The number of fused-ring (bicyclic) bond motifs is 1. The fourth-order valence-corrected chi connectivity index (χ4v) is 2.91. The molecule has 2 aromatic carbocycles. The van der Waals surface area contributed by atoms with Gasteiger partial charge >= 0.3 is 6.01 Å². The number of nitrogens with zero attached hydrogens (tertiary/aromatic N) is 3. The van der Waals surface area contributed by atoms with E-state index < -0.39 is 0 Å². The molecule has 2 N–H and O–H groups in total. The highest BCUT2D eigenvalue weighted by Gasteiger charge is 2.17. The maximum Gasteiger partial charge on any atom is 0.340 e. The third-order valence-corrected chi connectivity index (χ3v) is 4.62. The Bertz CT molecular complexity index is 1140. The Hall–Kier alpha value is -3.94. The van der Waals surface area contributed by atoms with Gasteiger partial charge in [0, 0.05) is 18.0 Å². The first-order valence-corrected chi connectivity index (χ1v) is 9.02. The average Bonchev–Trinajstić information content (AvgIpc) is 3.26. The molecular formula is C21H19N5O3. The molecule has 4 aromatic rings. The number of amides is 1. The molecule has 8 heteroatoms. The van der Waals surface area contributed by atoms with Crippen molar-refractivity contribution in [2.24, 2.45) is 0 Å². The van der Waals surface area contributed by atoms with Crippen LogP contribution in [0.15, 0.2) is 65.4 Å². The van der Waals surface area contributed by atoms with Crippen LogP contribution in [0.3, 0.4) is 0 Å². The lowest BCUT2D eigenvalue weighted by Crippen LogP contribution is -2.33. The molecule has 0 bridgehead atoms. The number of benzene rings is 2. The van der Waals surface area contributed by atoms with Gasteiger partial charge in [-0.15, -0.1) is 0 Å². The van der Waals surface area contributed by atoms with Gasteiger partial charge in [-0.25, -0.2) is 5.43 Å². The number of hydrazine groups is 1. The molecule has 4 rings (SSSR count). The Morgan fingerprint density at radius 2 is 1.83 bits per heavy atom. The van der Waals surface area contributed by atoms with Crippen LogP contribution < -0.4 is 15.6 Å². The van der Waals surface area contributed by atoms with Crippen molar-refractivity contribution in [3.63, 3.8) is 0 Å². The molecule has 2 aromatic heterocycles. The van der Waals surface area contributed by atoms with Crippen LogP contribution in [0.4, 0.5) is 6.01 Å². The lowest BCUT2D eigenvalue weighted by atomic mass is 9.97. The topological polar surface area (TPSA) is 102 Å². The number of aromatic nitrogens is 3. The van der Waals surface area contributed by atoms with E-state index in [4.69, 9.17) is 9.26 Å². The third kappa shape index (κ3) is 4.01. The van der Waals surface area contributed by atoms with Gasteiger partial charge in [0.05, 0.1) is 13.0 Å². The maximum atomic E-state index is 12.5. The molecule has 0 saturated carbocycles. The highest BCUT2D eigenvalue weighted by atomic mass is 16.5. The SMILES string of the molecule is COc1ccc2cc([C@H](C)C(=O)NNc3nc(-c4ccncc4)no3)ccc2c1. The minimum Gasteiger partial charge on any atom is -0.497 e. The van der Waals surface area contributed by atoms with E-state index in [0.717, 1.165) is 27.6 Å². The van der Waals surface area contributed by atoms with Crippen molar-refractivity contribution >= 4 is 22.7 Å². The lowest BCUT2D eigenvalue weighted by molar-refractivity contribution is -0.121. The van der Waals surface area contributed by atoms with Gasteiger partial charge < -0.3 is 9.26 Å². The highest BCUT2D eigenvalue weighted by Crippen LogP contribution is 2.25. The fraction of sp³-hybridized carbons (Fsp3) is 0.143. The average molecular weight is 389 g/mol.